The van der Waals surface area contributed by atoms with Crippen molar-refractivity contribution in [3.63, 3.8) is 0 Å². The second-order valence-corrected chi connectivity index (χ2v) is 8.28. The number of carbonyl (C=O) groups is 3. The van der Waals surface area contributed by atoms with Crippen LogP contribution in [0.2, 0.25) is 0 Å². The van der Waals surface area contributed by atoms with Crippen molar-refractivity contribution >= 4 is 17.9 Å². The Balaban J connectivity index is 1.60. The molecule has 3 rings (SSSR count). The van der Waals surface area contributed by atoms with Crippen LogP contribution in [0.3, 0.4) is 0 Å². The second-order valence-electron chi connectivity index (χ2n) is 8.28. The zero-order chi connectivity index (χ0) is 20.3. The van der Waals surface area contributed by atoms with Gasteiger partial charge in [-0.2, -0.15) is 0 Å². The summed E-state index contributed by atoms with van der Waals surface area (Å²) in [7, 11) is 0. The summed E-state index contributed by atoms with van der Waals surface area (Å²) in [5.74, 6) is -0.0340. The van der Waals surface area contributed by atoms with E-state index in [0.29, 0.717) is 39.1 Å². The fourth-order valence-electron chi connectivity index (χ4n) is 3.62. The molecular weight excluding hydrogens is 362 g/mol. The molecule has 1 aromatic rings. The lowest BCUT2D eigenvalue weighted by atomic mass is 10.00. The molecule has 2 fully saturated rings. The zero-order valence-electron chi connectivity index (χ0n) is 16.8. The number of hydrogen-bond acceptors (Lipinski definition) is 5. The van der Waals surface area contributed by atoms with Crippen LogP contribution in [0.5, 0.6) is 0 Å². The minimum absolute atomic E-state index is 0.0524. The molecule has 0 N–H and O–H groups in total. The molecule has 0 bridgehead atoms. The summed E-state index contributed by atoms with van der Waals surface area (Å²) in [5.41, 5.74) is -0.543. The second kappa shape index (κ2) is 8.24. The number of furan rings is 1. The summed E-state index contributed by atoms with van der Waals surface area (Å²) < 4.78 is 10.6. The Bertz CT molecular complexity index is 702. The molecular formula is C20H29N3O5. The largest absolute Gasteiger partial charge is 0.459 e. The quantitative estimate of drug-likeness (QED) is 0.773. The third kappa shape index (κ3) is 4.66. The predicted octanol–water partition coefficient (Wildman–Crippen LogP) is 2.35. The normalized spacial score (nSPS) is 20.8. The molecule has 0 radical (unpaired) electrons. The van der Waals surface area contributed by atoms with E-state index >= 15 is 0 Å². The van der Waals surface area contributed by atoms with Crippen LogP contribution in [0.25, 0.3) is 0 Å². The third-order valence-corrected chi connectivity index (χ3v) is 5.02. The Morgan fingerprint density at radius 1 is 1.04 bits per heavy atom. The van der Waals surface area contributed by atoms with Gasteiger partial charge in [-0.1, -0.05) is 0 Å². The first-order chi connectivity index (χ1) is 13.3. The Labute approximate surface area is 165 Å². The van der Waals surface area contributed by atoms with Gasteiger partial charge in [-0.15, -0.1) is 0 Å². The molecule has 8 heteroatoms. The molecule has 0 saturated carbocycles. The van der Waals surface area contributed by atoms with E-state index in [1.54, 1.807) is 26.8 Å². The van der Waals surface area contributed by atoms with E-state index in [1.807, 2.05) is 20.8 Å². The zero-order valence-corrected chi connectivity index (χ0v) is 16.8. The van der Waals surface area contributed by atoms with E-state index in [1.165, 1.54) is 6.26 Å². The van der Waals surface area contributed by atoms with Crippen LogP contribution in [0, 0.1) is 0 Å². The van der Waals surface area contributed by atoms with Crippen LogP contribution in [-0.2, 0) is 9.53 Å². The third-order valence-electron chi connectivity index (χ3n) is 5.02. The number of amides is 3. The fraction of sp³-hybridized carbons (Fsp3) is 0.650. The summed E-state index contributed by atoms with van der Waals surface area (Å²) in [6, 6.07) is 2.82. The number of nitrogens with zero attached hydrogens (tertiary/aromatic N) is 3. The molecule has 1 atom stereocenters. The minimum atomic E-state index is -0.543. The van der Waals surface area contributed by atoms with Gasteiger partial charge in [0.05, 0.1) is 6.26 Å². The molecule has 2 aliphatic rings. The Hall–Kier alpha value is -2.51. The standard InChI is InChI=1S/C20H29N3O5/c1-20(2,3)28-19(26)22-12-10-21(11-13-22)17(24)15-7-4-5-9-23(15)18(25)16-8-6-14-27-16/h6,8,14-15H,4-5,7,9-13H2,1-3H3. The summed E-state index contributed by atoms with van der Waals surface area (Å²) in [6.45, 7) is 7.79. The Morgan fingerprint density at radius 3 is 2.32 bits per heavy atom. The monoisotopic (exact) mass is 391 g/mol. The average Bonchev–Trinajstić information content (AvgIpc) is 3.20. The first kappa shape index (κ1) is 20.2. The maximum Gasteiger partial charge on any atom is 0.410 e. The first-order valence-electron chi connectivity index (χ1n) is 9.87. The van der Waals surface area contributed by atoms with Crippen LogP contribution in [0.4, 0.5) is 4.79 Å². The van der Waals surface area contributed by atoms with Gasteiger partial charge in [-0.25, -0.2) is 4.79 Å². The number of ether oxygens (including phenoxy) is 1. The highest BCUT2D eigenvalue weighted by Crippen LogP contribution is 2.22. The molecule has 154 valence electrons. The molecule has 0 spiro atoms. The van der Waals surface area contributed by atoms with Crippen molar-refractivity contribution in [1.29, 1.82) is 0 Å². The van der Waals surface area contributed by atoms with E-state index in [0.717, 1.165) is 12.8 Å². The Kier molecular flexibility index (Phi) is 5.96. The average molecular weight is 391 g/mol. The number of rotatable bonds is 2. The van der Waals surface area contributed by atoms with Gasteiger partial charge in [-0.05, 0) is 52.2 Å². The van der Waals surface area contributed by atoms with Gasteiger partial charge < -0.3 is 23.9 Å². The van der Waals surface area contributed by atoms with Crippen molar-refractivity contribution in [3.8, 4) is 0 Å². The van der Waals surface area contributed by atoms with E-state index in [2.05, 4.69) is 0 Å². The molecule has 3 amide bonds. The fourth-order valence-corrected chi connectivity index (χ4v) is 3.62. The smallest absolute Gasteiger partial charge is 0.410 e. The number of hydrogen-bond donors (Lipinski definition) is 0. The molecule has 1 aromatic heterocycles. The van der Waals surface area contributed by atoms with Crippen molar-refractivity contribution in [3.05, 3.63) is 24.2 Å². The number of piperidine rings is 1. The molecule has 0 aliphatic carbocycles. The van der Waals surface area contributed by atoms with Gasteiger partial charge in [0.25, 0.3) is 5.91 Å². The van der Waals surface area contributed by atoms with E-state index in [-0.39, 0.29) is 23.7 Å². The molecule has 3 heterocycles. The van der Waals surface area contributed by atoms with Crippen LogP contribution in [-0.4, -0.2) is 77.0 Å². The lowest BCUT2D eigenvalue weighted by molar-refractivity contribution is -0.139. The van der Waals surface area contributed by atoms with Crippen LogP contribution < -0.4 is 0 Å². The predicted molar refractivity (Wildman–Crippen MR) is 102 cm³/mol. The number of carbonyl (C=O) groups excluding carboxylic acids is 3. The highest BCUT2D eigenvalue weighted by molar-refractivity contribution is 5.95. The van der Waals surface area contributed by atoms with Gasteiger partial charge >= 0.3 is 6.09 Å². The highest BCUT2D eigenvalue weighted by atomic mass is 16.6. The Morgan fingerprint density at radius 2 is 1.71 bits per heavy atom. The first-order valence-corrected chi connectivity index (χ1v) is 9.87. The van der Waals surface area contributed by atoms with Crippen molar-refractivity contribution in [2.24, 2.45) is 0 Å². The number of likely N-dealkylation sites (tertiary alicyclic amines) is 1. The SMILES string of the molecule is CC(C)(C)OC(=O)N1CCN(C(=O)C2CCCCN2C(=O)c2ccco2)CC1. The molecule has 2 saturated heterocycles. The lowest BCUT2D eigenvalue weighted by Gasteiger charge is -2.40. The topological polar surface area (TPSA) is 83.3 Å². The van der Waals surface area contributed by atoms with E-state index < -0.39 is 11.6 Å². The van der Waals surface area contributed by atoms with E-state index in [9.17, 15) is 14.4 Å². The summed E-state index contributed by atoms with van der Waals surface area (Å²) in [5, 5.41) is 0. The van der Waals surface area contributed by atoms with Crippen molar-refractivity contribution in [1.82, 2.24) is 14.7 Å². The van der Waals surface area contributed by atoms with E-state index in [4.69, 9.17) is 9.15 Å². The summed E-state index contributed by atoms with van der Waals surface area (Å²) in [4.78, 5) is 43.0. The van der Waals surface area contributed by atoms with Crippen LogP contribution in [0.1, 0.15) is 50.6 Å². The lowest BCUT2D eigenvalue weighted by Crippen LogP contribution is -2.58. The van der Waals surface area contributed by atoms with Crippen LogP contribution >= 0.6 is 0 Å². The molecule has 28 heavy (non-hydrogen) atoms. The molecule has 0 aromatic carbocycles. The maximum absolute atomic E-state index is 13.1. The summed E-state index contributed by atoms with van der Waals surface area (Å²) in [6.07, 6.45) is 3.55. The molecule has 1 unspecified atom stereocenters. The van der Waals surface area contributed by atoms with Crippen molar-refractivity contribution < 1.29 is 23.5 Å². The van der Waals surface area contributed by atoms with Crippen LogP contribution in [0.15, 0.2) is 22.8 Å². The van der Waals surface area contributed by atoms with Gasteiger partial charge in [0, 0.05) is 32.7 Å². The van der Waals surface area contributed by atoms with Gasteiger partial charge in [0.1, 0.15) is 11.6 Å². The number of piperazine rings is 1. The van der Waals surface area contributed by atoms with Crippen molar-refractivity contribution in [2.45, 2.75) is 51.7 Å². The van der Waals surface area contributed by atoms with Gasteiger partial charge in [0.15, 0.2) is 5.76 Å². The maximum atomic E-state index is 13.1. The summed E-state index contributed by atoms with van der Waals surface area (Å²) >= 11 is 0. The molecule has 8 nitrogen and oxygen atoms in total. The minimum Gasteiger partial charge on any atom is -0.459 e. The molecule has 2 aliphatic heterocycles. The highest BCUT2D eigenvalue weighted by Gasteiger charge is 2.37. The van der Waals surface area contributed by atoms with Crippen molar-refractivity contribution in [2.75, 3.05) is 32.7 Å². The van der Waals surface area contributed by atoms with Gasteiger partial charge in [0.2, 0.25) is 5.91 Å². The van der Waals surface area contributed by atoms with Gasteiger partial charge in [-0.3, -0.25) is 9.59 Å².